The summed E-state index contributed by atoms with van der Waals surface area (Å²) in [6, 6.07) is 10.1. The number of aromatic nitrogens is 2. The molecule has 1 unspecified atom stereocenters. The van der Waals surface area contributed by atoms with Crippen LogP contribution in [0.2, 0.25) is 0 Å². The average molecular weight is 383 g/mol. The number of likely N-dealkylation sites (tertiary alicyclic amines) is 1. The van der Waals surface area contributed by atoms with Crippen LogP contribution in [0.25, 0.3) is 11.4 Å². The molecular formula is C21H19F2N3O2. The van der Waals surface area contributed by atoms with E-state index in [1.165, 1.54) is 30.3 Å². The molecule has 1 amide bonds. The number of rotatable bonds is 3. The quantitative estimate of drug-likeness (QED) is 0.675. The van der Waals surface area contributed by atoms with Crippen molar-refractivity contribution < 1.29 is 18.1 Å². The van der Waals surface area contributed by atoms with Crippen molar-refractivity contribution in [1.29, 1.82) is 0 Å². The number of amides is 1. The monoisotopic (exact) mass is 383 g/mol. The van der Waals surface area contributed by atoms with Gasteiger partial charge in [0, 0.05) is 24.2 Å². The van der Waals surface area contributed by atoms with Crippen LogP contribution in [0.4, 0.5) is 8.78 Å². The first-order chi connectivity index (χ1) is 13.5. The van der Waals surface area contributed by atoms with Crippen molar-refractivity contribution in [2.75, 3.05) is 13.1 Å². The van der Waals surface area contributed by atoms with Crippen LogP contribution < -0.4 is 0 Å². The third kappa shape index (κ3) is 3.65. The molecule has 0 N–H and O–H groups in total. The second-order valence-electron chi connectivity index (χ2n) is 7.01. The van der Waals surface area contributed by atoms with Crippen molar-refractivity contribution in [1.82, 2.24) is 15.0 Å². The van der Waals surface area contributed by atoms with Gasteiger partial charge in [0.05, 0.1) is 5.92 Å². The van der Waals surface area contributed by atoms with Crippen LogP contribution in [-0.2, 0) is 0 Å². The molecule has 1 fully saturated rings. The van der Waals surface area contributed by atoms with Gasteiger partial charge in [-0.1, -0.05) is 5.16 Å². The molecule has 0 bridgehead atoms. The Hall–Kier alpha value is -3.09. The molecule has 144 valence electrons. The average Bonchev–Trinajstić information content (AvgIpc) is 3.18. The van der Waals surface area contributed by atoms with Gasteiger partial charge in [-0.25, -0.2) is 8.78 Å². The summed E-state index contributed by atoms with van der Waals surface area (Å²) in [6.45, 7) is 2.82. The van der Waals surface area contributed by atoms with E-state index in [1.54, 1.807) is 24.0 Å². The Kier molecular flexibility index (Phi) is 4.90. The van der Waals surface area contributed by atoms with Gasteiger partial charge in [0.2, 0.25) is 11.7 Å². The highest BCUT2D eigenvalue weighted by Crippen LogP contribution is 2.29. The number of carbonyl (C=O) groups is 1. The normalized spacial score (nSPS) is 17.0. The Balaban J connectivity index is 1.51. The summed E-state index contributed by atoms with van der Waals surface area (Å²) in [7, 11) is 0. The van der Waals surface area contributed by atoms with Gasteiger partial charge in [0.25, 0.3) is 5.91 Å². The molecule has 3 aromatic rings. The molecule has 1 aromatic heterocycles. The molecule has 2 heterocycles. The summed E-state index contributed by atoms with van der Waals surface area (Å²) in [4.78, 5) is 19.1. The van der Waals surface area contributed by atoms with Crippen LogP contribution in [0, 0.1) is 18.6 Å². The fourth-order valence-electron chi connectivity index (χ4n) is 3.52. The Morgan fingerprint density at radius 2 is 1.89 bits per heavy atom. The van der Waals surface area contributed by atoms with Gasteiger partial charge < -0.3 is 9.42 Å². The predicted octanol–water partition coefficient (Wildman–Crippen LogP) is 4.34. The van der Waals surface area contributed by atoms with E-state index in [0.717, 1.165) is 12.8 Å². The van der Waals surface area contributed by atoms with E-state index in [9.17, 15) is 13.6 Å². The standard InChI is InChI=1S/C21H19F2N3O2/c1-13-11-17(23)8-9-18(13)21(27)26-10-2-3-15(12-26)20-24-19(25-28-20)14-4-6-16(22)7-5-14/h4-9,11,15H,2-3,10,12H2,1H3. The number of benzene rings is 2. The third-order valence-corrected chi connectivity index (χ3v) is 5.02. The fourth-order valence-corrected chi connectivity index (χ4v) is 3.52. The minimum atomic E-state index is -0.357. The summed E-state index contributed by atoms with van der Waals surface area (Å²) in [5.74, 6) is -0.0177. The van der Waals surface area contributed by atoms with Crippen LogP contribution in [0.5, 0.6) is 0 Å². The lowest BCUT2D eigenvalue weighted by molar-refractivity contribution is 0.0695. The smallest absolute Gasteiger partial charge is 0.254 e. The highest BCUT2D eigenvalue weighted by Gasteiger charge is 2.29. The SMILES string of the molecule is Cc1cc(F)ccc1C(=O)N1CCCC(c2nc(-c3ccc(F)cc3)no2)C1. The number of piperidine rings is 1. The molecule has 28 heavy (non-hydrogen) atoms. The number of hydrogen-bond acceptors (Lipinski definition) is 4. The third-order valence-electron chi connectivity index (χ3n) is 5.02. The van der Waals surface area contributed by atoms with Crippen molar-refractivity contribution in [3.8, 4) is 11.4 Å². The van der Waals surface area contributed by atoms with E-state index < -0.39 is 0 Å². The molecule has 0 spiro atoms. The van der Waals surface area contributed by atoms with E-state index in [1.807, 2.05) is 0 Å². The maximum absolute atomic E-state index is 13.3. The lowest BCUT2D eigenvalue weighted by Crippen LogP contribution is -2.39. The molecule has 7 heteroatoms. The Bertz CT molecular complexity index is 1000. The largest absolute Gasteiger partial charge is 0.339 e. The van der Waals surface area contributed by atoms with Crippen LogP contribution in [0.15, 0.2) is 47.0 Å². The van der Waals surface area contributed by atoms with Crippen LogP contribution in [0.3, 0.4) is 0 Å². The van der Waals surface area contributed by atoms with Gasteiger partial charge >= 0.3 is 0 Å². The number of aryl methyl sites for hydroxylation is 1. The molecule has 5 nitrogen and oxygen atoms in total. The minimum Gasteiger partial charge on any atom is -0.339 e. The molecule has 1 aliphatic heterocycles. The van der Waals surface area contributed by atoms with E-state index in [2.05, 4.69) is 10.1 Å². The van der Waals surface area contributed by atoms with Crippen molar-refractivity contribution >= 4 is 5.91 Å². The van der Waals surface area contributed by atoms with Gasteiger partial charge in [0.1, 0.15) is 11.6 Å². The summed E-state index contributed by atoms with van der Waals surface area (Å²) in [5.41, 5.74) is 1.78. The van der Waals surface area contributed by atoms with Crippen LogP contribution in [0.1, 0.15) is 40.6 Å². The van der Waals surface area contributed by atoms with Crippen molar-refractivity contribution in [2.45, 2.75) is 25.7 Å². The molecule has 1 saturated heterocycles. The van der Waals surface area contributed by atoms with Crippen LogP contribution in [-0.4, -0.2) is 34.0 Å². The topological polar surface area (TPSA) is 59.2 Å². The zero-order valence-corrected chi connectivity index (χ0v) is 15.4. The fraction of sp³-hybridized carbons (Fsp3) is 0.286. The molecule has 1 atom stereocenters. The lowest BCUT2D eigenvalue weighted by atomic mass is 9.96. The van der Waals surface area contributed by atoms with Crippen molar-refractivity contribution in [3.05, 3.63) is 71.1 Å². The molecule has 4 rings (SSSR count). The molecule has 1 aliphatic rings. The predicted molar refractivity (Wildman–Crippen MR) is 98.7 cm³/mol. The van der Waals surface area contributed by atoms with E-state index >= 15 is 0 Å². The van der Waals surface area contributed by atoms with Crippen LogP contribution >= 0.6 is 0 Å². The number of halogens is 2. The summed E-state index contributed by atoms with van der Waals surface area (Å²) in [5, 5.41) is 3.99. The Labute approximate surface area is 161 Å². The molecule has 0 saturated carbocycles. The van der Waals surface area contributed by atoms with Gasteiger partial charge in [-0.3, -0.25) is 4.79 Å². The number of nitrogens with zero attached hydrogens (tertiary/aromatic N) is 3. The van der Waals surface area contributed by atoms with Crippen molar-refractivity contribution in [2.24, 2.45) is 0 Å². The van der Waals surface area contributed by atoms with E-state index in [0.29, 0.717) is 41.5 Å². The minimum absolute atomic E-state index is 0.0693. The summed E-state index contributed by atoms with van der Waals surface area (Å²) in [6.07, 6.45) is 1.64. The van der Waals surface area contributed by atoms with Crippen molar-refractivity contribution in [3.63, 3.8) is 0 Å². The highest BCUT2D eigenvalue weighted by atomic mass is 19.1. The second-order valence-corrected chi connectivity index (χ2v) is 7.01. The van der Waals surface area contributed by atoms with Gasteiger partial charge in [-0.05, 0) is 67.8 Å². The number of hydrogen-bond donors (Lipinski definition) is 0. The summed E-state index contributed by atoms with van der Waals surface area (Å²) >= 11 is 0. The van der Waals surface area contributed by atoms with Gasteiger partial charge in [-0.2, -0.15) is 4.98 Å². The maximum atomic E-state index is 13.3. The highest BCUT2D eigenvalue weighted by molar-refractivity contribution is 5.95. The first-order valence-corrected chi connectivity index (χ1v) is 9.16. The van der Waals surface area contributed by atoms with Gasteiger partial charge in [-0.15, -0.1) is 0 Å². The number of carbonyl (C=O) groups excluding carboxylic acids is 1. The molecule has 0 radical (unpaired) electrons. The maximum Gasteiger partial charge on any atom is 0.254 e. The second kappa shape index (κ2) is 7.50. The van der Waals surface area contributed by atoms with E-state index in [-0.39, 0.29) is 23.5 Å². The summed E-state index contributed by atoms with van der Waals surface area (Å²) < 4.78 is 31.8. The Morgan fingerprint density at radius 1 is 1.14 bits per heavy atom. The Morgan fingerprint density at radius 3 is 2.64 bits per heavy atom. The van der Waals surface area contributed by atoms with E-state index in [4.69, 9.17) is 4.52 Å². The lowest BCUT2D eigenvalue weighted by Gasteiger charge is -2.31. The molecule has 2 aromatic carbocycles. The first kappa shape index (κ1) is 18.3. The first-order valence-electron chi connectivity index (χ1n) is 9.16. The van der Waals surface area contributed by atoms with Gasteiger partial charge in [0.15, 0.2) is 0 Å². The molecule has 0 aliphatic carbocycles. The molecular weight excluding hydrogens is 364 g/mol. The zero-order valence-electron chi connectivity index (χ0n) is 15.4. The zero-order chi connectivity index (χ0) is 19.7.